The summed E-state index contributed by atoms with van der Waals surface area (Å²) in [7, 11) is 1.59. The molecule has 33 heavy (non-hydrogen) atoms. The molecule has 0 bridgehead atoms. The van der Waals surface area contributed by atoms with Gasteiger partial charge in [0.1, 0.15) is 6.61 Å². The number of aliphatic carboxylic acids is 1. The third-order valence-electron chi connectivity index (χ3n) is 5.54. The molecule has 1 saturated heterocycles. The van der Waals surface area contributed by atoms with Crippen LogP contribution >= 0.6 is 0 Å². The highest BCUT2D eigenvalue weighted by Crippen LogP contribution is 2.33. The van der Waals surface area contributed by atoms with Crippen molar-refractivity contribution in [3.63, 3.8) is 0 Å². The minimum Gasteiger partial charge on any atom is -0.493 e. The molecule has 3 N–H and O–H groups in total. The maximum atomic E-state index is 10.7. The number of benzene rings is 2. The van der Waals surface area contributed by atoms with Gasteiger partial charge < -0.3 is 29.7 Å². The maximum absolute atomic E-state index is 10.7. The summed E-state index contributed by atoms with van der Waals surface area (Å²) in [5.41, 5.74) is 2.76. The monoisotopic (exact) mass is 452 g/mol. The van der Waals surface area contributed by atoms with E-state index in [1.54, 1.807) is 7.11 Å². The van der Waals surface area contributed by atoms with E-state index in [4.69, 9.17) is 19.1 Å². The van der Waals surface area contributed by atoms with Crippen molar-refractivity contribution in [2.45, 2.75) is 31.9 Å². The summed E-state index contributed by atoms with van der Waals surface area (Å²) in [5.74, 6) is 1.83. The summed E-state index contributed by atoms with van der Waals surface area (Å²) in [4.78, 5) is 15.3. The molecule has 174 valence electrons. The van der Waals surface area contributed by atoms with Gasteiger partial charge in [0.05, 0.1) is 13.7 Å². The van der Waals surface area contributed by atoms with Crippen LogP contribution in [0.3, 0.4) is 0 Å². The first-order chi connectivity index (χ1) is 16.1. The Kier molecular flexibility index (Phi) is 7.54. The lowest BCUT2D eigenvalue weighted by Crippen LogP contribution is -2.26. The van der Waals surface area contributed by atoms with Crippen LogP contribution in [-0.4, -0.2) is 48.0 Å². The van der Waals surface area contributed by atoms with Crippen molar-refractivity contribution in [1.82, 2.24) is 20.8 Å². The summed E-state index contributed by atoms with van der Waals surface area (Å²) in [5, 5.41) is 19.1. The van der Waals surface area contributed by atoms with Crippen LogP contribution in [0.25, 0.3) is 11.4 Å². The zero-order valence-electron chi connectivity index (χ0n) is 18.5. The predicted octanol–water partition coefficient (Wildman–Crippen LogP) is 2.97. The van der Waals surface area contributed by atoms with Crippen LogP contribution in [0.4, 0.5) is 0 Å². The second-order valence-corrected chi connectivity index (χ2v) is 7.95. The molecule has 1 fully saturated rings. The fourth-order valence-corrected chi connectivity index (χ4v) is 3.82. The Morgan fingerprint density at radius 1 is 1.18 bits per heavy atom. The molecule has 1 aromatic heterocycles. The lowest BCUT2D eigenvalue weighted by atomic mass is 9.98. The first-order valence-corrected chi connectivity index (χ1v) is 11.0. The molecular weight excluding hydrogens is 424 g/mol. The van der Waals surface area contributed by atoms with E-state index in [1.165, 1.54) is 0 Å². The number of carboxylic acids is 1. The Morgan fingerprint density at radius 2 is 2.00 bits per heavy atom. The minimum atomic E-state index is -0.881. The highest BCUT2D eigenvalue weighted by atomic mass is 16.5. The van der Waals surface area contributed by atoms with Crippen molar-refractivity contribution in [2.24, 2.45) is 0 Å². The molecule has 0 amide bonds. The van der Waals surface area contributed by atoms with Crippen LogP contribution in [0.5, 0.6) is 11.5 Å². The van der Waals surface area contributed by atoms with Gasteiger partial charge in [-0.15, -0.1) is 0 Å². The molecule has 0 spiro atoms. The molecule has 1 aliphatic heterocycles. The van der Waals surface area contributed by atoms with E-state index in [0.29, 0.717) is 42.3 Å². The average Bonchev–Trinajstić information content (AvgIpc) is 3.34. The van der Waals surface area contributed by atoms with Crippen LogP contribution < -0.4 is 20.1 Å². The van der Waals surface area contributed by atoms with E-state index < -0.39 is 5.97 Å². The Morgan fingerprint density at radius 3 is 2.79 bits per heavy atom. The van der Waals surface area contributed by atoms with Crippen LogP contribution in [0.1, 0.15) is 35.8 Å². The lowest BCUT2D eigenvalue weighted by Gasteiger charge is -2.18. The number of aromatic nitrogens is 2. The number of carboxylic acid groups (broad SMARTS) is 1. The number of piperidine rings is 1. The van der Waals surface area contributed by atoms with Gasteiger partial charge in [0.15, 0.2) is 11.5 Å². The molecule has 9 heteroatoms. The third kappa shape index (κ3) is 6.09. The van der Waals surface area contributed by atoms with Gasteiger partial charge in [-0.3, -0.25) is 4.79 Å². The number of ether oxygens (including phenoxy) is 2. The number of carbonyl (C=O) groups is 1. The molecule has 0 saturated carbocycles. The fraction of sp³-hybridized carbons (Fsp3) is 0.375. The summed E-state index contributed by atoms with van der Waals surface area (Å²) in [6.45, 7) is 2.67. The predicted molar refractivity (Wildman–Crippen MR) is 121 cm³/mol. The van der Waals surface area contributed by atoms with Gasteiger partial charge in [-0.2, -0.15) is 4.98 Å². The van der Waals surface area contributed by atoms with E-state index in [2.05, 4.69) is 20.8 Å². The van der Waals surface area contributed by atoms with Crippen LogP contribution in [0.15, 0.2) is 47.0 Å². The van der Waals surface area contributed by atoms with Crippen LogP contribution in [-0.2, 0) is 17.9 Å². The minimum absolute atomic E-state index is 0.0794. The van der Waals surface area contributed by atoms with E-state index in [-0.39, 0.29) is 6.54 Å². The summed E-state index contributed by atoms with van der Waals surface area (Å²) < 4.78 is 17.0. The third-order valence-corrected chi connectivity index (χ3v) is 5.54. The molecule has 0 atom stereocenters. The first kappa shape index (κ1) is 22.8. The average molecular weight is 453 g/mol. The lowest BCUT2D eigenvalue weighted by molar-refractivity contribution is -0.136. The molecule has 3 aromatic rings. The quantitative estimate of drug-likeness (QED) is 0.426. The number of hydrogen-bond donors (Lipinski definition) is 3. The highest BCUT2D eigenvalue weighted by molar-refractivity contribution is 5.69. The molecule has 1 aliphatic rings. The normalized spacial score (nSPS) is 14.2. The zero-order valence-corrected chi connectivity index (χ0v) is 18.5. The molecule has 9 nitrogen and oxygen atoms in total. The van der Waals surface area contributed by atoms with Crippen molar-refractivity contribution in [1.29, 1.82) is 0 Å². The molecule has 2 aromatic carbocycles. The summed E-state index contributed by atoms with van der Waals surface area (Å²) >= 11 is 0. The molecule has 0 unspecified atom stereocenters. The fourth-order valence-electron chi connectivity index (χ4n) is 3.82. The van der Waals surface area contributed by atoms with E-state index in [0.717, 1.165) is 42.6 Å². The van der Waals surface area contributed by atoms with Crippen LogP contribution in [0, 0.1) is 0 Å². The second kappa shape index (κ2) is 10.9. The Bertz CT molecular complexity index is 1080. The van der Waals surface area contributed by atoms with E-state index >= 15 is 0 Å². The van der Waals surface area contributed by atoms with Gasteiger partial charge in [0.2, 0.25) is 11.7 Å². The number of nitrogens with one attached hydrogen (secondary N) is 2. The smallest absolute Gasteiger partial charge is 0.317 e. The maximum Gasteiger partial charge on any atom is 0.317 e. The number of hydrogen-bond acceptors (Lipinski definition) is 8. The van der Waals surface area contributed by atoms with Crippen molar-refractivity contribution >= 4 is 5.97 Å². The van der Waals surface area contributed by atoms with Gasteiger partial charge in [0.25, 0.3) is 0 Å². The van der Waals surface area contributed by atoms with Crippen LogP contribution in [0.2, 0.25) is 0 Å². The van der Waals surface area contributed by atoms with E-state index in [1.807, 2.05) is 42.5 Å². The highest BCUT2D eigenvalue weighted by Gasteiger charge is 2.22. The van der Waals surface area contributed by atoms with Gasteiger partial charge >= 0.3 is 5.97 Å². The molecule has 4 rings (SSSR count). The number of rotatable bonds is 10. The Hall–Kier alpha value is -3.43. The Balaban J connectivity index is 1.40. The summed E-state index contributed by atoms with van der Waals surface area (Å²) in [6, 6.07) is 13.4. The van der Waals surface area contributed by atoms with Crippen molar-refractivity contribution in [3.8, 4) is 22.9 Å². The van der Waals surface area contributed by atoms with Gasteiger partial charge in [-0.05, 0) is 55.3 Å². The number of nitrogens with zero attached hydrogens (tertiary/aromatic N) is 2. The van der Waals surface area contributed by atoms with Gasteiger partial charge in [0, 0.05) is 18.0 Å². The van der Waals surface area contributed by atoms with Gasteiger partial charge in [-0.1, -0.05) is 29.4 Å². The zero-order chi connectivity index (χ0) is 23.0. The van der Waals surface area contributed by atoms with E-state index in [9.17, 15) is 4.79 Å². The molecule has 2 heterocycles. The standard InChI is InChI=1S/C24H28N4O5/c1-31-21-12-19(23-27-24(33-28-23)18-7-9-25-10-8-18)5-6-20(21)32-15-17-4-2-3-16(11-17)13-26-14-22(29)30/h2-6,11-12,18,25-26H,7-10,13-15H2,1H3,(H,29,30). The second-order valence-electron chi connectivity index (χ2n) is 7.95. The molecule has 0 aliphatic carbocycles. The van der Waals surface area contributed by atoms with Gasteiger partial charge in [-0.25, -0.2) is 0 Å². The Labute approximate surface area is 192 Å². The SMILES string of the molecule is COc1cc(-c2noc(C3CCNCC3)n2)ccc1OCc1cccc(CNCC(=O)O)c1. The molecule has 0 radical (unpaired) electrons. The number of methoxy groups -OCH3 is 1. The van der Waals surface area contributed by atoms with Crippen molar-refractivity contribution in [3.05, 3.63) is 59.5 Å². The molecular formula is C24H28N4O5. The van der Waals surface area contributed by atoms with Crippen molar-refractivity contribution in [2.75, 3.05) is 26.7 Å². The topological polar surface area (TPSA) is 119 Å². The largest absolute Gasteiger partial charge is 0.493 e. The summed E-state index contributed by atoms with van der Waals surface area (Å²) in [6.07, 6.45) is 1.99. The van der Waals surface area contributed by atoms with Crippen molar-refractivity contribution < 1.29 is 23.9 Å². The first-order valence-electron chi connectivity index (χ1n) is 11.0.